The topological polar surface area (TPSA) is 94.2 Å². The average Bonchev–Trinajstić information content (AvgIpc) is 2.70. The van der Waals surface area contributed by atoms with Crippen molar-refractivity contribution >= 4 is 28.5 Å². The van der Waals surface area contributed by atoms with Gasteiger partial charge in [-0.3, -0.25) is 9.36 Å². The van der Waals surface area contributed by atoms with Crippen LogP contribution in [0.25, 0.3) is 10.9 Å². The molecule has 0 radical (unpaired) electrons. The van der Waals surface area contributed by atoms with E-state index in [9.17, 15) is 9.59 Å². The van der Waals surface area contributed by atoms with Gasteiger partial charge in [0.25, 0.3) is 5.56 Å². The maximum Gasteiger partial charge on any atom is 0.344 e. The third-order valence-corrected chi connectivity index (χ3v) is 4.44. The molecule has 7 nitrogen and oxygen atoms in total. The Kier molecular flexibility index (Phi) is 5.92. The summed E-state index contributed by atoms with van der Waals surface area (Å²) >= 11 is 5.95. The van der Waals surface area contributed by atoms with E-state index in [-0.39, 0.29) is 31.1 Å². The maximum atomic E-state index is 12.5. The Balaban J connectivity index is 1.71. The summed E-state index contributed by atoms with van der Waals surface area (Å²) < 4.78 is 11.8. The van der Waals surface area contributed by atoms with Gasteiger partial charge in [-0.05, 0) is 42.8 Å². The van der Waals surface area contributed by atoms with Crippen LogP contribution >= 0.6 is 11.6 Å². The summed E-state index contributed by atoms with van der Waals surface area (Å²) in [5, 5.41) is 10.00. The summed E-state index contributed by atoms with van der Waals surface area (Å²) in [7, 11) is 0. The van der Waals surface area contributed by atoms with Crippen LogP contribution in [0.4, 0.5) is 0 Å². The quantitative estimate of drug-likeness (QED) is 0.593. The number of nitrogens with zero attached hydrogens (tertiary/aromatic N) is 3. The first-order valence-corrected chi connectivity index (χ1v) is 8.77. The highest BCUT2D eigenvalue weighted by Gasteiger charge is 2.13. The highest BCUT2D eigenvalue weighted by atomic mass is 35.5. The molecule has 0 aliphatic heterocycles. The lowest BCUT2D eigenvalue weighted by Crippen LogP contribution is -2.26. The van der Waals surface area contributed by atoms with E-state index in [4.69, 9.17) is 26.3 Å². The fourth-order valence-corrected chi connectivity index (χ4v) is 2.71. The van der Waals surface area contributed by atoms with Gasteiger partial charge in [0.2, 0.25) is 0 Å². The Labute approximate surface area is 165 Å². The molecule has 142 valence electrons. The van der Waals surface area contributed by atoms with Gasteiger partial charge in [0.05, 0.1) is 17.0 Å². The lowest BCUT2D eigenvalue weighted by atomic mass is 10.2. The van der Waals surface area contributed by atoms with Crippen LogP contribution in [0.1, 0.15) is 11.4 Å². The van der Waals surface area contributed by atoms with Crippen molar-refractivity contribution in [1.82, 2.24) is 9.55 Å². The molecule has 0 atom stereocenters. The predicted octanol–water partition coefficient (Wildman–Crippen LogP) is 3.00. The van der Waals surface area contributed by atoms with Crippen LogP contribution in [0.15, 0.2) is 47.3 Å². The summed E-state index contributed by atoms with van der Waals surface area (Å²) in [4.78, 5) is 28.9. The molecule has 0 aliphatic carbocycles. The molecule has 0 saturated heterocycles. The molecule has 0 unspecified atom stereocenters. The number of para-hydroxylation sites is 1. The van der Waals surface area contributed by atoms with Crippen LogP contribution in [-0.4, -0.2) is 22.1 Å². The molecule has 2 aromatic carbocycles. The number of ether oxygens (including phenoxy) is 2. The number of rotatable bonds is 6. The Morgan fingerprint density at radius 2 is 2.07 bits per heavy atom. The van der Waals surface area contributed by atoms with Crippen molar-refractivity contribution in [1.29, 1.82) is 5.26 Å². The lowest BCUT2D eigenvalue weighted by Gasteiger charge is -2.12. The van der Waals surface area contributed by atoms with Gasteiger partial charge >= 0.3 is 5.97 Å². The highest BCUT2D eigenvalue weighted by molar-refractivity contribution is 6.31. The van der Waals surface area contributed by atoms with E-state index in [2.05, 4.69) is 4.98 Å². The zero-order valence-corrected chi connectivity index (χ0v) is 15.8. The molecule has 0 spiro atoms. The first-order chi connectivity index (χ1) is 13.5. The number of esters is 1. The van der Waals surface area contributed by atoms with Crippen LogP contribution in [0.3, 0.4) is 0 Å². The number of halogens is 1. The molecule has 0 N–H and O–H groups in total. The number of aromatic nitrogens is 2. The Morgan fingerprint density at radius 1 is 1.29 bits per heavy atom. The number of carbonyl (C=O) groups is 1. The van der Waals surface area contributed by atoms with Crippen molar-refractivity contribution in [2.45, 2.75) is 20.1 Å². The summed E-state index contributed by atoms with van der Waals surface area (Å²) in [5.74, 6) is 0.0588. The van der Waals surface area contributed by atoms with E-state index in [1.165, 1.54) is 4.57 Å². The van der Waals surface area contributed by atoms with E-state index in [0.717, 1.165) is 5.56 Å². The van der Waals surface area contributed by atoms with Crippen LogP contribution in [0.5, 0.6) is 5.75 Å². The average molecular weight is 398 g/mol. The monoisotopic (exact) mass is 397 g/mol. The number of hydrogen-bond donors (Lipinski definition) is 0. The van der Waals surface area contributed by atoms with Crippen LogP contribution in [0.2, 0.25) is 5.02 Å². The van der Waals surface area contributed by atoms with Crippen molar-refractivity contribution in [2.75, 3.05) is 6.61 Å². The van der Waals surface area contributed by atoms with Gasteiger partial charge in [0.15, 0.2) is 12.4 Å². The van der Waals surface area contributed by atoms with Gasteiger partial charge in [-0.15, -0.1) is 0 Å². The maximum absolute atomic E-state index is 12.5. The molecule has 3 rings (SSSR count). The smallest absolute Gasteiger partial charge is 0.344 e. The van der Waals surface area contributed by atoms with Gasteiger partial charge in [0, 0.05) is 5.02 Å². The molecule has 0 aliphatic rings. The fourth-order valence-electron chi connectivity index (χ4n) is 2.59. The molecule has 1 heterocycles. The zero-order chi connectivity index (χ0) is 20.1. The zero-order valence-electron chi connectivity index (χ0n) is 15.0. The molecule has 0 saturated carbocycles. The summed E-state index contributed by atoms with van der Waals surface area (Å²) in [6, 6.07) is 13.8. The van der Waals surface area contributed by atoms with Crippen molar-refractivity contribution in [3.05, 3.63) is 69.2 Å². The molecule has 0 bridgehead atoms. The molecule has 0 fully saturated rings. The number of hydrogen-bond acceptors (Lipinski definition) is 6. The summed E-state index contributed by atoms with van der Waals surface area (Å²) in [6.45, 7) is 1.08. The highest BCUT2D eigenvalue weighted by Crippen LogP contribution is 2.21. The Hall–Kier alpha value is -3.37. The van der Waals surface area contributed by atoms with Crippen LogP contribution in [-0.2, 0) is 22.7 Å². The van der Waals surface area contributed by atoms with Gasteiger partial charge in [-0.2, -0.15) is 5.26 Å². The van der Waals surface area contributed by atoms with Crippen molar-refractivity contribution in [3.8, 4) is 11.8 Å². The first-order valence-electron chi connectivity index (χ1n) is 8.39. The minimum absolute atomic E-state index is 0.190. The molecular weight excluding hydrogens is 382 g/mol. The van der Waals surface area contributed by atoms with Gasteiger partial charge in [-0.25, -0.2) is 9.78 Å². The normalized spacial score (nSPS) is 10.5. The predicted molar refractivity (Wildman–Crippen MR) is 103 cm³/mol. The number of aryl methyl sites for hydroxylation is 1. The molecule has 1 aromatic heterocycles. The second-order valence-electron chi connectivity index (χ2n) is 5.95. The minimum Gasteiger partial charge on any atom is -0.482 e. The number of carbonyl (C=O) groups excluding carboxylic acids is 1. The van der Waals surface area contributed by atoms with Crippen molar-refractivity contribution in [3.63, 3.8) is 0 Å². The van der Waals surface area contributed by atoms with Gasteiger partial charge in [0.1, 0.15) is 18.9 Å². The second-order valence-corrected chi connectivity index (χ2v) is 6.36. The first kappa shape index (κ1) is 19.4. The third-order valence-electron chi connectivity index (χ3n) is 4.02. The van der Waals surface area contributed by atoms with Crippen molar-refractivity contribution in [2.24, 2.45) is 0 Å². The molecule has 28 heavy (non-hydrogen) atoms. The third kappa shape index (κ3) is 4.30. The lowest BCUT2D eigenvalue weighted by molar-refractivity contribution is -0.147. The van der Waals surface area contributed by atoms with E-state index in [1.807, 2.05) is 13.0 Å². The molecule has 3 aromatic rings. The summed E-state index contributed by atoms with van der Waals surface area (Å²) in [6.07, 6.45) is 0. The second kappa shape index (κ2) is 8.55. The van der Waals surface area contributed by atoms with Crippen LogP contribution in [0, 0.1) is 18.3 Å². The van der Waals surface area contributed by atoms with Crippen molar-refractivity contribution < 1.29 is 14.3 Å². The number of fused-ring (bicyclic) bond motifs is 1. The standard InChI is InChI=1S/C20H16ClN3O4/c1-13-10-14(6-7-16(13)21)27-12-19(25)28-11-18-23-17-5-3-2-4-15(17)20(26)24(18)9-8-22/h2-7,10H,9,11-12H2,1H3. The van der Waals surface area contributed by atoms with E-state index < -0.39 is 5.97 Å². The fraction of sp³-hybridized carbons (Fsp3) is 0.200. The SMILES string of the molecule is Cc1cc(OCC(=O)OCc2nc3ccccc3c(=O)n2CC#N)ccc1Cl. The Bertz CT molecular complexity index is 1130. The number of nitriles is 1. The Morgan fingerprint density at radius 3 is 2.82 bits per heavy atom. The van der Waals surface area contributed by atoms with Gasteiger partial charge in [-0.1, -0.05) is 23.7 Å². The van der Waals surface area contributed by atoms with E-state index in [0.29, 0.717) is 21.7 Å². The number of benzene rings is 2. The largest absolute Gasteiger partial charge is 0.482 e. The van der Waals surface area contributed by atoms with Gasteiger partial charge < -0.3 is 9.47 Å². The molecule has 0 amide bonds. The minimum atomic E-state index is -0.626. The molecule has 8 heteroatoms. The van der Waals surface area contributed by atoms with E-state index in [1.54, 1.807) is 42.5 Å². The summed E-state index contributed by atoms with van der Waals surface area (Å²) in [5.41, 5.74) is 0.945. The van der Waals surface area contributed by atoms with E-state index >= 15 is 0 Å². The molecular formula is C20H16ClN3O4. The van der Waals surface area contributed by atoms with Crippen LogP contribution < -0.4 is 10.3 Å².